The molecule has 2 aliphatic rings. The van der Waals surface area contributed by atoms with Gasteiger partial charge < -0.3 is 4.90 Å². The predicted molar refractivity (Wildman–Crippen MR) is 52.1 cm³/mol. The average molecular weight is 165 g/mol. The summed E-state index contributed by atoms with van der Waals surface area (Å²) >= 11 is 0. The first-order chi connectivity index (χ1) is 5.92. The first kappa shape index (κ1) is 8.31. The van der Waals surface area contributed by atoms with E-state index in [1.54, 1.807) is 0 Å². The van der Waals surface area contributed by atoms with Crippen LogP contribution in [0.2, 0.25) is 0 Å². The fourth-order valence-electron chi connectivity index (χ4n) is 2.90. The van der Waals surface area contributed by atoms with Gasteiger partial charge in [-0.15, -0.1) is 6.58 Å². The minimum absolute atomic E-state index is 0.914. The molecule has 2 aliphatic heterocycles. The van der Waals surface area contributed by atoms with E-state index in [9.17, 15) is 0 Å². The van der Waals surface area contributed by atoms with Crippen LogP contribution in [0.4, 0.5) is 0 Å². The monoisotopic (exact) mass is 165 g/mol. The Morgan fingerprint density at radius 1 is 1.25 bits per heavy atom. The van der Waals surface area contributed by atoms with Gasteiger partial charge in [-0.05, 0) is 51.1 Å². The van der Waals surface area contributed by atoms with Crippen molar-refractivity contribution in [3.8, 4) is 0 Å². The molecule has 2 atom stereocenters. The lowest BCUT2D eigenvalue weighted by Crippen LogP contribution is -2.40. The van der Waals surface area contributed by atoms with Gasteiger partial charge in [0.1, 0.15) is 0 Å². The van der Waals surface area contributed by atoms with Gasteiger partial charge in [-0.3, -0.25) is 0 Å². The van der Waals surface area contributed by atoms with E-state index in [2.05, 4.69) is 17.6 Å². The zero-order valence-electron chi connectivity index (χ0n) is 7.84. The molecule has 2 fully saturated rings. The molecule has 0 bridgehead atoms. The van der Waals surface area contributed by atoms with Gasteiger partial charge in [0.15, 0.2) is 0 Å². The summed E-state index contributed by atoms with van der Waals surface area (Å²) in [5.74, 6) is 0.929. The summed E-state index contributed by atoms with van der Waals surface area (Å²) in [5, 5.41) is 0. The van der Waals surface area contributed by atoms with E-state index in [0.29, 0.717) is 0 Å². The van der Waals surface area contributed by atoms with Crippen LogP contribution in [-0.2, 0) is 0 Å². The minimum Gasteiger partial charge on any atom is -0.300 e. The van der Waals surface area contributed by atoms with Crippen molar-refractivity contribution >= 4 is 0 Å². The predicted octanol–water partition coefficient (Wildman–Crippen LogP) is 2.44. The van der Waals surface area contributed by atoms with Gasteiger partial charge in [0.05, 0.1) is 0 Å². The Labute approximate surface area is 75.4 Å². The Morgan fingerprint density at radius 3 is 2.75 bits per heavy atom. The zero-order valence-corrected chi connectivity index (χ0v) is 7.84. The molecule has 0 aliphatic carbocycles. The van der Waals surface area contributed by atoms with Crippen LogP contribution < -0.4 is 0 Å². The molecule has 0 aromatic carbocycles. The summed E-state index contributed by atoms with van der Waals surface area (Å²) in [6.07, 6.45) is 9.06. The average Bonchev–Trinajstić information content (AvgIpc) is 2.53. The highest BCUT2D eigenvalue weighted by atomic mass is 15.2. The number of nitrogens with zero attached hydrogens (tertiary/aromatic N) is 1. The van der Waals surface area contributed by atoms with Crippen molar-refractivity contribution in [3.63, 3.8) is 0 Å². The first-order valence-corrected chi connectivity index (χ1v) is 5.27. The lowest BCUT2D eigenvalue weighted by atomic mass is 9.87. The maximum Gasteiger partial charge on any atom is 0.0127 e. The molecule has 0 spiro atoms. The van der Waals surface area contributed by atoms with Crippen LogP contribution in [0.3, 0.4) is 0 Å². The summed E-state index contributed by atoms with van der Waals surface area (Å²) in [5.41, 5.74) is 0. The van der Waals surface area contributed by atoms with E-state index in [1.807, 2.05) is 0 Å². The van der Waals surface area contributed by atoms with Gasteiger partial charge in [0.2, 0.25) is 0 Å². The van der Waals surface area contributed by atoms with Gasteiger partial charge in [0, 0.05) is 6.04 Å². The molecule has 0 aromatic rings. The number of hydrogen-bond acceptors (Lipinski definition) is 1. The normalized spacial score (nSPS) is 36.3. The maximum atomic E-state index is 3.85. The number of rotatable bonds is 2. The fraction of sp³-hybridized carbons (Fsp3) is 0.818. The van der Waals surface area contributed by atoms with Gasteiger partial charge in [-0.2, -0.15) is 0 Å². The lowest BCUT2D eigenvalue weighted by Gasteiger charge is -2.36. The summed E-state index contributed by atoms with van der Waals surface area (Å²) in [6, 6.07) is 0.914. The maximum absolute atomic E-state index is 3.85. The molecule has 2 rings (SSSR count). The highest BCUT2D eigenvalue weighted by molar-refractivity contribution is 4.91. The third-order valence-electron chi connectivity index (χ3n) is 3.45. The standard InChI is InChI=1S/C11H19N/c1-2-5-10-6-3-8-12-9-4-7-11(10)12/h2,10-11H,1,3-9H2/t10-,11-/m0/s1. The Morgan fingerprint density at radius 2 is 2.00 bits per heavy atom. The third-order valence-corrected chi connectivity index (χ3v) is 3.45. The molecular formula is C11H19N. The van der Waals surface area contributed by atoms with Crippen molar-refractivity contribution in [2.45, 2.75) is 38.1 Å². The molecule has 68 valence electrons. The Balaban J connectivity index is 1.98. The van der Waals surface area contributed by atoms with Crippen LogP contribution in [0.25, 0.3) is 0 Å². The Kier molecular flexibility index (Phi) is 2.50. The molecule has 1 nitrogen and oxygen atoms in total. The van der Waals surface area contributed by atoms with Gasteiger partial charge in [0.25, 0.3) is 0 Å². The smallest absolute Gasteiger partial charge is 0.0127 e. The van der Waals surface area contributed by atoms with Gasteiger partial charge in [-0.1, -0.05) is 6.08 Å². The van der Waals surface area contributed by atoms with Crippen LogP contribution in [0.5, 0.6) is 0 Å². The number of allylic oxidation sites excluding steroid dienone is 1. The quantitative estimate of drug-likeness (QED) is 0.568. The van der Waals surface area contributed by atoms with E-state index < -0.39 is 0 Å². The second-order valence-electron chi connectivity index (χ2n) is 4.17. The number of piperidine rings is 1. The summed E-state index contributed by atoms with van der Waals surface area (Å²) in [7, 11) is 0. The van der Waals surface area contributed by atoms with E-state index in [1.165, 1.54) is 45.2 Å². The molecule has 0 aromatic heterocycles. The van der Waals surface area contributed by atoms with E-state index >= 15 is 0 Å². The molecule has 0 radical (unpaired) electrons. The fourth-order valence-corrected chi connectivity index (χ4v) is 2.90. The van der Waals surface area contributed by atoms with E-state index in [0.717, 1.165) is 12.0 Å². The van der Waals surface area contributed by atoms with Crippen molar-refractivity contribution in [1.82, 2.24) is 4.90 Å². The summed E-state index contributed by atoms with van der Waals surface area (Å²) < 4.78 is 0. The molecule has 0 amide bonds. The minimum atomic E-state index is 0.914. The molecule has 2 saturated heterocycles. The van der Waals surface area contributed by atoms with Crippen LogP contribution in [0.15, 0.2) is 12.7 Å². The van der Waals surface area contributed by atoms with Crippen molar-refractivity contribution in [2.24, 2.45) is 5.92 Å². The lowest BCUT2D eigenvalue weighted by molar-refractivity contribution is 0.135. The highest BCUT2D eigenvalue weighted by Crippen LogP contribution is 2.33. The van der Waals surface area contributed by atoms with Crippen molar-refractivity contribution in [2.75, 3.05) is 13.1 Å². The summed E-state index contributed by atoms with van der Waals surface area (Å²) in [6.45, 7) is 6.57. The first-order valence-electron chi connectivity index (χ1n) is 5.27. The molecule has 2 heterocycles. The molecule has 12 heavy (non-hydrogen) atoms. The molecule has 1 heteroatoms. The molecule has 0 unspecified atom stereocenters. The van der Waals surface area contributed by atoms with Crippen LogP contribution in [0.1, 0.15) is 32.1 Å². The largest absolute Gasteiger partial charge is 0.300 e. The van der Waals surface area contributed by atoms with Gasteiger partial charge >= 0.3 is 0 Å². The van der Waals surface area contributed by atoms with Crippen LogP contribution >= 0.6 is 0 Å². The highest BCUT2D eigenvalue weighted by Gasteiger charge is 2.33. The van der Waals surface area contributed by atoms with E-state index in [4.69, 9.17) is 0 Å². The van der Waals surface area contributed by atoms with Crippen molar-refractivity contribution in [1.29, 1.82) is 0 Å². The third kappa shape index (κ3) is 1.42. The van der Waals surface area contributed by atoms with Crippen molar-refractivity contribution in [3.05, 3.63) is 12.7 Å². The SMILES string of the molecule is C=CC[C@H]1CCCN2CCC[C@@H]12. The number of fused-ring (bicyclic) bond motifs is 1. The summed E-state index contributed by atoms with van der Waals surface area (Å²) in [4.78, 5) is 2.69. The topological polar surface area (TPSA) is 3.24 Å². The van der Waals surface area contributed by atoms with Gasteiger partial charge in [-0.25, -0.2) is 0 Å². The molecule has 0 saturated carbocycles. The molecular weight excluding hydrogens is 146 g/mol. The Hall–Kier alpha value is -0.300. The van der Waals surface area contributed by atoms with Crippen LogP contribution in [0, 0.1) is 5.92 Å². The van der Waals surface area contributed by atoms with Crippen molar-refractivity contribution < 1.29 is 0 Å². The van der Waals surface area contributed by atoms with E-state index in [-0.39, 0.29) is 0 Å². The number of hydrogen-bond donors (Lipinski definition) is 0. The Bertz CT molecular complexity index is 164. The van der Waals surface area contributed by atoms with Crippen LogP contribution in [-0.4, -0.2) is 24.0 Å². The second-order valence-corrected chi connectivity index (χ2v) is 4.17. The zero-order chi connectivity index (χ0) is 8.39. The second kappa shape index (κ2) is 3.61. The molecule has 0 N–H and O–H groups in total.